The van der Waals surface area contributed by atoms with Gasteiger partial charge in [-0.3, -0.25) is 14.5 Å². The molecular formula is C22H25N3O4S. The average Bonchev–Trinajstić information content (AvgIpc) is 2.98. The van der Waals surface area contributed by atoms with E-state index in [1.807, 2.05) is 36.1 Å². The maximum atomic E-state index is 12.9. The van der Waals surface area contributed by atoms with Gasteiger partial charge in [0.25, 0.3) is 5.91 Å². The number of methoxy groups -OCH3 is 2. The molecule has 2 amide bonds. The number of anilines is 1. The van der Waals surface area contributed by atoms with Gasteiger partial charge in [-0.15, -0.1) is 0 Å². The number of hydrogen-bond donors (Lipinski definition) is 1. The quantitative estimate of drug-likeness (QED) is 0.653. The van der Waals surface area contributed by atoms with Crippen molar-refractivity contribution in [3.05, 3.63) is 54.1 Å². The standard InChI is InChI=1S/C22H25N3O4S/c1-4-24-21(27)19(13-20(26)23-16-7-11-18(29-3)12-8-16)25(22(24)30)14-15-5-9-17(28-2)10-6-15/h5-12,19H,4,13-14H2,1-3H3,(H,23,26)/t19-/m1/s1. The lowest BCUT2D eigenvalue weighted by Crippen LogP contribution is -2.37. The zero-order valence-corrected chi connectivity index (χ0v) is 18.1. The van der Waals surface area contributed by atoms with Crippen molar-refractivity contribution in [2.75, 3.05) is 26.1 Å². The van der Waals surface area contributed by atoms with Crippen molar-refractivity contribution in [3.63, 3.8) is 0 Å². The van der Waals surface area contributed by atoms with Gasteiger partial charge in [-0.2, -0.15) is 0 Å². The van der Waals surface area contributed by atoms with Crippen molar-refractivity contribution in [1.82, 2.24) is 9.80 Å². The van der Waals surface area contributed by atoms with Crippen LogP contribution in [0, 0.1) is 0 Å². The van der Waals surface area contributed by atoms with Crippen molar-refractivity contribution >= 4 is 34.8 Å². The Morgan fingerprint density at radius 2 is 1.60 bits per heavy atom. The Hall–Kier alpha value is -3.13. The molecule has 0 unspecified atom stereocenters. The van der Waals surface area contributed by atoms with Crippen molar-refractivity contribution in [2.24, 2.45) is 0 Å². The molecule has 3 rings (SSSR count). The van der Waals surface area contributed by atoms with E-state index in [0.717, 1.165) is 11.3 Å². The highest BCUT2D eigenvalue weighted by atomic mass is 32.1. The van der Waals surface area contributed by atoms with Crippen LogP contribution in [0.15, 0.2) is 48.5 Å². The van der Waals surface area contributed by atoms with E-state index < -0.39 is 6.04 Å². The molecule has 2 aromatic rings. The lowest BCUT2D eigenvalue weighted by Gasteiger charge is -2.24. The second-order valence-electron chi connectivity index (χ2n) is 6.84. The van der Waals surface area contributed by atoms with E-state index in [9.17, 15) is 9.59 Å². The smallest absolute Gasteiger partial charge is 0.252 e. The van der Waals surface area contributed by atoms with Gasteiger partial charge >= 0.3 is 0 Å². The highest BCUT2D eigenvalue weighted by molar-refractivity contribution is 7.80. The molecular weight excluding hydrogens is 402 g/mol. The van der Waals surface area contributed by atoms with Gasteiger partial charge in [-0.25, -0.2) is 0 Å². The van der Waals surface area contributed by atoms with Crippen LogP contribution >= 0.6 is 12.2 Å². The van der Waals surface area contributed by atoms with E-state index in [4.69, 9.17) is 21.7 Å². The zero-order valence-electron chi connectivity index (χ0n) is 17.3. The number of nitrogens with one attached hydrogen (secondary N) is 1. The highest BCUT2D eigenvalue weighted by Gasteiger charge is 2.42. The third kappa shape index (κ3) is 4.71. The summed E-state index contributed by atoms with van der Waals surface area (Å²) in [7, 11) is 3.19. The number of rotatable bonds is 8. The summed E-state index contributed by atoms with van der Waals surface area (Å²) in [6.45, 7) is 2.77. The minimum atomic E-state index is -0.641. The molecule has 0 aliphatic carbocycles. The Bertz CT molecular complexity index is 915. The Morgan fingerprint density at radius 1 is 1.03 bits per heavy atom. The molecule has 7 nitrogen and oxygen atoms in total. The first-order valence-corrected chi connectivity index (χ1v) is 10.1. The average molecular weight is 428 g/mol. The first kappa shape index (κ1) is 21.6. The van der Waals surface area contributed by atoms with E-state index >= 15 is 0 Å². The molecule has 1 saturated heterocycles. The van der Waals surface area contributed by atoms with Crippen LogP contribution in [-0.4, -0.2) is 53.5 Å². The number of carbonyl (C=O) groups is 2. The van der Waals surface area contributed by atoms with E-state index in [0.29, 0.717) is 29.6 Å². The number of amides is 2. The van der Waals surface area contributed by atoms with Gasteiger partial charge in [-0.1, -0.05) is 12.1 Å². The van der Waals surface area contributed by atoms with E-state index in [2.05, 4.69) is 5.32 Å². The molecule has 0 radical (unpaired) electrons. The number of thiocarbonyl (C=S) groups is 1. The summed E-state index contributed by atoms with van der Waals surface area (Å²) in [6.07, 6.45) is 0.0116. The normalized spacial score (nSPS) is 16.0. The molecule has 158 valence electrons. The molecule has 0 saturated carbocycles. The molecule has 1 fully saturated rings. The summed E-state index contributed by atoms with van der Waals surface area (Å²) in [4.78, 5) is 28.9. The Labute approximate surface area is 181 Å². The number of benzene rings is 2. The molecule has 1 atom stereocenters. The minimum Gasteiger partial charge on any atom is -0.497 e. The van der Waals surface area contributed by atoms with Crippen molar-refractivity contribution in [2.45, 2.75) is 25.9 Å². The third-order valence-corrected chi connectivity index (χ3v) is 5.44. The Balaban J connectivity index is 1.73. The highest BCUT2D eigenvalue weighted by Crippen LogP contribution is 2.25. The summed E-state index contributed by atoms with van der Waals surface area (Å²) in [5.74, 6) is 1.05. The Kier molecular flexibility index (Phi) is 6.89. The van der Waals surface area contributed by atoms with Crippen LogP contribution in [0.25, 0.3) is 0 Å². The van der Waals surface area contributed by atoms with Gasteiger partial charge in [0.15, 0.2) is 5.11 Å². The van der Waals surface area contributed by atoms with Crippen LogP contribution in [0.5, 0.6) is 11.5 Å². The fraction of sp³-hybridized carbons (Fsp3) is 0.318. The second-order valence-corrected chi connectivity index (χ2v) is 7.20. The van der Waals surface area contributed by atoms with Crippen LogP contribution in [0.4, 0.5) is 5.69 Å². The van der Waals surface area contributed by atoms with E-state index in [-0.39, 0.29) is 18.2 Å². The van der Waals surface area contributed by atoms with Crippen LogP contribution in [0.1, 0.15) is 18.9 Å². The molecule has 2 aromatic carbocycles. The predicted molar refractivity (Wildman–Crippen MR) is 119 cm³/mol. The van der Waals surface area contributed by atoms with Gasteiger partial charge < -0.3 is 19.7 Å². The van der Waals surface area contributed by atoms with Crippen LogP contribution in [0.3, 0.4) is 0 Å². The monoisotopic (exact) mass is 427 g/mol. The molecule has 1 N–H and O–H groups in total. The number of likely N-dealkylation sites (N-methyl/N-ethyl adjacent to an activating group) is 1. The van der Waals surface area contributed by atoms with Crippen LogP contribution in [0.2, 0.25) is 0 Å². The Morgan fingerprint density at radius 3 is 2.13 bits per heavy atom. The molecule has 0 spiro atoms. The molecule has 0 bridgehead atoms. The van der Waals surface area contributed by atoms with Gasteiger partial charge in [0, 0.05) is 18.8 Å². The maximum Gasteiger partial charge on any atom is 0.252 e. The molecule has 0 aromatic heterocycles. The number of ether oxygens (including phenoxy) is 2. The molecule has 8 heteroatoms. The first-order chi connectivity index (χ1) is 14.5. The summed E-state index contributed by atoms with van der Waals surface area (Å²) >= 11 is 5.53. The van der Waals surface area contributed by atoms with E-state index in [1.54, 1.807) is 43.4 Å². The second kappa shape index (κ2) is 9.58. The summed E-state index contributed by atoms with van der Waals surface area (Å²) < 4.78 is 10.3. The van der Waals surface area contributed by atoms with Gasteiger partial charge in [-0.05, 0) is 61.1 Å². The largest absolute Gasteiger partial charge is 0.497 e. The number of nitrogens with zero attached hydrogens (tertiary/aromatic N) is 2. The topological polar surface area (TPSA) is 71.1 Å². The van der Waals surface area contributed by atoms with Crippen molar-refractivity contribution in [1.29, 1.82) is 0 Å². The summed E-state index contributed by atoms with van der Waals surface area (Å²) in [5, 5.41) is 3.28. The third-order valence-electron chi connectivity index (χ3n) is 4.98. The fourth-order valence-electron chi connectivity index (χ4n) is 3.35. The van der Waals surface area contributed by atoms with E-state index in [1.165, 1.54) is 0 Å². The molecule has 1 heterocycles. The predicted octanol–water partition coefficient (Wildman–Crippen LogP) is 3.05. The van der Waals surface area contributed by atoms with Crippen molar-refractivity contribution in [3.8, 4) is 11.5 Å². The SMILES string of the molecule is CCN1C(=O)[C@@H](CC(=O)Nc2ccc(OC)cc2)N(Cc2ccc(OC)cc2)C1=S. The lowest BCUT2D eigenvalue weighted by atomic mass is 10.1. The van der Waals surface area contributed by atoms with Gasteiger partial charge in [0.05, 0.1) is 20.6 Å². The zero-order chi connectivity index (χ0) is 21.7. The summed E-state index contributed by atoms with van der Waals surface area (Å²) in [5.41, 5.74) is 1.62. The van der Waals surface area contributed by atoms with Gasteiger partial charge in [0.1, 0.15) is 17.5 Å². The van der Waals surface area contributed by atoms with Crippen molar-refractivity contribution < 1.29 is 19.1 Å². The summed E-state index contributed by atoms with van der Waals surface area (Å²) in [6, 6.07) is 14.0. The fourth-order valence-corrected chi connectivity index (χ4v) is 3.76. The van der Waals surface area contributed by atoms with Crippen LogP contribution in [-0.2, 0) is 16.1 Å². The molecule has 1 aliphatic heterocycles. The minimum absolute atomic E-state index is 0.0116. The molecule has 30 heavy (non-hydrogen) atoms. The van der Waals surface area contributed by atoms with Gasteiger partial charge in [0.2, 0.25) is 5.91 Å². The number of hydrogen-bond acceptors (Lipinski definition) is 5. The maximum absolute atomic E-state index is 12.9. The van der Waals surface area contributed by atoms with Crippen LogP contribution < -0.4 is 14.8 Å². The molecule has 1 aliphatic rings. The first-order valence-electron chi connectivity index (χ1n) is 9.65. The lowest BCUT2D eigenvalue weighted by molar-refractivity contribution is -0.130. The number of carbonyl (C=O) groups excluding carboxylic acids is 2.